The Labute approximate surface area is 107 Å². The maximum atomic E-state index is 5.84. The van der Waals surface area contributed by atoms with Gasteiger partial charge >= 0.3 is 0 Å². The van der Waals surface area contributed by atoms with E-state index in [2.05, 4.69) is 23.3 Å². The zero-order chi connectivity index (χ0) is 12.1. The molecule has 17 heavy (non-hydrogen) atoms. The summed E-state index contributed by atoms with van der Waals surface area (Å²) in [5.74, 6) is 0. The van der Waals surface area contributed by atoms with Gasteiger partial charge in [0, 0.05) is 30.0 Å². The third-order valence-electron chi connectivity index (χ3n) is 2.71. The minimum Gasteiger partial charge on any atom is -0.306 e. The first-order chi connectivity index (χ1) is 8.25. The van der Waals surface area contributed by atoms with Crippen molar-refractivity contribution < 1.29 is 0 Å². The minimum atomic E-state index is 0.291. The molecule has 1 heterocycles. The number of hydrogen-bond donors (Lipinski definition) is 1. The molecule has 3 heteroatoms. The second kappa shape index (κ2) is 5.80. The molecule has 0 unspecified atom stereocenters. The molecule has 0 spiro atoms. The van der Waals surface area contributed by atoms with Crippen LogP contribution in [0.1, 0.15) is 24.1 Å². The van der Waals surface area contributed by atoms with Gasteiger partial charge in [-0.05, 0) is 36.2 Å². The highest BCUT2D eigenvalue weighted by Crippen LogP contribution is 2.13. The zero-order valence-electron chi connectivity index (χ0n) is 9.73. The molecule has 0 saturated carbocycles. The molecular formula is C14H15ClN2. The van der Waals surface area contributed by atoms with Crippen molar-refractivity contribution in [2.45, 2.75) is 19.5 Å². The number of benzene rings is 1. The van der Waals surface area contributed by atoms with Gasteiger partial charge in [0.2, 0.25) is 0 Å². The molecule has 1 aromatic heterocycles. The van der Waals surface area contributed by atoms with Crippen LogP contribution in [0.3, 0.4) is 0 Å². The fraction of sp³-hybridized carbons (Fsp3) is 0.214. The highest BCUT2D eigenvalue weighted by Gasteiger charge is 2.04. The molecule has 0 amide bonds. The molecule has 2 aromatic rings. The van der Waals surface area contributed by atoms with E-state index in [1.165, 1.54) is 11.1 Å². The molecule has 2 nitrogen and oxygen atoms in total. The number of rotatable bonds is 4. The summed E-state index contributed by atoms with van der Waals surface area (Å²) in [6, 6.07) is 12.2. The Hall–Kier alpha value is -1.38. The van der Waals surface area contributed by atoms with E-state index in [1.54, 1.807) is 6.20 Å². The third-order valence-corrected chi connectivity index (χ3v) is 2.96. The molecule has 2 rings (SSSR count). The van der Waals surface area contributed by atoms with E-state index in [0.717, 1.165) is 11.6 Å². The lowest BCUT2D eigenvalue weighted by Gasteiger charge is -2.13. The topological polar surface area (TPSA) is 24.9 Å². The first-order valence-corrected chi connectivity index (χ1v) is 6.01. The van der Waals surface area contributed by atoms with Crippen molar-refractivity contribution in [1.29, 1.82) is 0 Å². The van der Waals surface area contributed by atoms with Crippen LogP contribution < -0.4 is 5.32 Å². The van der Waals surface area contributed by atoms with Gasteiger partial charge in [-0.15, -0.1) is 0 Å². The van der Waals surface area contributed by atoms with Crippen molar-refractivity contribution >= 4 is 11.6 Å². The fourth-order valence-electron chi connectivity index (χ4n) is 1.62. The van der Waals surface area contributed by atoms with E-state index in [0.29, 0.717) is 6.04 Å². The van der Waals surface area contributed by atoms with Crippen molar-refractivity contribution in [2.24, 2.45) is 0 Å². The average Bonchev–Trinajstić information content (AvgIpc) is 2.39. The first kappa shape index (κ1) is 12.1. The Morgan fingerprint density at radius 1 is 1.24 bits per heavy atom. The molecule has 0 bridgehead atoms. The zero-order valence-corrected chi connectivity index (χ0v) is 10.5. The summed E-state index contributed by atoms with van der Waals surface area (Å²) in [6.07, 6.45) is 3.68. The average molecular weight is 247 g/mol. The summed E-state index contributed by atoms with van der Waals surface area (Å²) in [5.41, 5.74) is 2.42. The second-order valence-corrected chi connectivity index (χ2v) is 4.45. The minimum absolute atomic E-state index is 0.291. The Morgan fingerprint density at radius 2 is 2.00 bits per heavy atom. The third kappa shape index (κ3) is 3.55. The van der Waals surface area contributed by atoms with E-state index in [1.807, 2.05) is 36.5 Å². The summed E-state index contributed by atoms with van der Waals surface area (Å²) >= 11 is 5.84. The molecule has 0 fully saturated rings. The van der Waals surface area contributed by atoms with Gasteiger partial charge < -0.3 is 5.32 Å². The van der Waals surface area contributed by atoms with E-state index in [-0.39, 0.29) is 0 Å². The quantitative estimate of drug-likeness (QED) is 0.892. The van der Waals surface area contributed by atoms with Crippen LogP contribution in [0.15, 0.2) is 48.8 Å². The molecule has 0 aliphatic rings. The summed E-state index contributed by atoms with van der Waals surface area (Å²) in [6.45, 7) is 2.96. The van der Waals surface area contributed by atoms with E-state index >= 15 is 0 Å². The summed E-state index contributed by atoms with van der Waals surface area (Å²) in [5, 5.41) is 4.22. The maximum Gasteiger partial charge on any atom is 0.0406 e. The van der Waals surface area contributed by atoms with E-state index < -0.39 is 0 Å². The highest BCUT2D eigenvalue weighted by molar-refractivity contribution is 6.30. The van der Waals surface area contributed by atoms with Crippen molar-refractivity contribution in [3.63, 3.8) is 0 Å². The lowest BCUT2D eigenvalue weighted by atomic mass is 10.1. The molecule has 1 atom stereocenters. The van der Waals surface area contributed by atoms with Crippen molar-refractivity contribution in [2.75, 3.05) is 0 Å². The molecule has 88 valence electrons. The number of aromatic nitrogens is 1. The van der Waals surface area contributed by atoms with E-state index in [4.69, 9.17) is 11.6 Å². The van der Waals surface area contributed by atoms with Crippen LogP contribution in [-0.2, 0) is 6.54 Å². The molecule has 1 aromatic carbocycles. The predicted octanol–water partition coefficient (Wildman–Crippen LogP) is 3.59. The Bertz CT molecular complexity index is 453. The van der Waals surface area contributed by atoms with Gasteiger partial charge in [-0.2, -0.15) is 0 Å². The first-order valence-electron chi connectivity index (χ1n) is 5.63. The van der Waals surface area contributed by atoms with Crippen molar-refractivity contribution in [3.8, 4) is 0 Å². The molecule has 1 N–H and O–H groups in total. The van der Waals surface area contributed by atoms with Crippen molar-refractivity contribution in [3.05, 3.63) is 64.9 Å². The van der Waals surface area contributed by atoms with Gasteiger partial charge in [-0.1, -0.05) is 29.8 Å². The number of halogens is 1. The lowest BCUT2D eigenvalue weighted by molar-refractivity contribution is 0.573. The van der Waals surface area contributed by atoms with Gasteiger partial charge in [0.1, 0.15) is 0 Å². The Morgan fingerprint density at radius 3 is 2.65 bits per heavy atom. The largest absolute Gasteiger partial charge is 0.306 e. The van der Waals surface area contributed by atoms with Gasteiger partial charge in [0.25, 0.3) is 0 Å². The van der Waals surface area contributed by atoms with Crippen LogP contribution in [0.25, 0.3) is 0 Å². The van der Waals surface area contributed by atoms with Crippen molar-refractivity contribution in [1.82, 2.24) is 10.3 Å². The van der Waals surface area contributed by atoms with E-state index in [9.17, 15) is 0 Å². The molecular weight excluding hydrogens is 232 g/mol. The molecule has 0 radical (unpaired) electrons. The molecule has 0 aliphatic heterocycles. The van der Waals surface area contributed by atoms with Gasteiger partial charge in [-0.3, -0.25) is 4.98 Å². The highest BCUT2D eigenvalue weighted by atomic mass is 35.5. The van der Waals surface area contributed by atoms with Crippen LogP contribution in [-0.4, -0.2) is 4.98 Å². The number of nitrogens with one attached hydrogen (secondary N) is 1. The van der Waals surface area contributed by atoms with Gasteiger partial charge in [0.05, 0.1) is 0 Å². The predicted molar refractivity (Wildman–Crippen MR) is 70.9 cm³/mol. The Balaban J connectivity index is 1.92. The molecule has 0 saturated heterocycles. The monoisotopic (exact) mass is 246 g/mol. The SMILES string of the molecule is C[C@@H](NCc1ccc(Cl)cc1)c1cccnc1. The van der Waals surface area contributed by atoms with Crippen LogP contribution in [0.4, 0.5) is 0 Å². The van der Waals surface area contributed by atoms with Crippen LogP contribution in [0.2, 0.25) is 5.02 Å². The summed E-state index contributed by atoms with van der Waals surface area (Å²) in [7, 11) is 0. The van der Waals surface area contributed by atoms with Crippen LogP contribution in [0.5, 0.6) is 0 Å². The summed E-state index contributed by atoms with van der Waals surface area (Å²) in [4.78, 5) is 4.11. The van der Waals surface area contributed by atoms with Crippen LogP contribution >= 0.6 is 11.6 Å². The van der Waals surface area contributed by atoms with Gasteiger partial charge in [0.15, 0.2) is 0 Å². The number of hydrogen-bond acceptors (Lipinski definition) is 2. The fourth-order valence-corrected chi connectivity index (χ4v) is 1.75. The number of nitrogens with zero attached hydrogens (tertiary/aromatic N) is 1. The Kier molecular flexibility index (Phi) is 4.13. The smallest absolute Gasteiger partial charge is 0.0406 e. The second-order valence-electron chi connectivity index (χ2n) is 4.02. The summed E-state index contributed by atoms with van der Waals surface area (Å²) < 4.78 is 0. The lowest BCUT2D eigenvalue weighted by Crippen LogP contribution is -2.18. The van der Waals surface area contributed by atoms with Gasteiger partial charge in [-0.25, -0.2) is 0 Å². The normalized spacial score (nSPS) is 12.4. The molecule has 0 aliphatic carbocycles. The number of pyridine rings is 1. The maximum absolute atomic E-state index is 5.84. The standard InChI is InChI=1S/C14H15ClN2/c1-11(13-3-2-8-16-10-13)17-9-12-4-6-14(15)7-5-12/h2-8,10-11,17H,9H2,1H3/t11-/m1/s1. The van der Waals surface area contributed by atoms with Crippen LogP contribution in [0, 0.1) is 0 Å².